The fourth-order valence-corrected chi connectivity index (χ4v) is 1.53. The Morgan fingerprint density at radius 2 is 1.39 bits per heavy atom. The van der Waals surface area contributed by atoms with Crippen LogP contribution in [0.3, 0.4) is 0 Å². The molecule has 2 rings (SSSR count). The van der Waals surface area contributed by atoms with Crippen molar-refractivity contribution in [2.75, 3.05) is 0 Å². The zero-order valence-electron chi connectivity index (χ0n) is 9.91. The molecule has 3 nitrogen and oxygen atoms in total. The van der Waals surface area contributed by atoms with Crippen LogP contribution in [0.2, 0.25) is 0 Å². The van der Waals surface area contributed by atoms with Gasteiger partial charge in [-0.3, -0.25) is 4.89 Å². The van der Waals surface area contributed by atoms with E-state index in [2.05, 4.69) is 0 Å². The largest absolute Gasteiger partial charge is 0.346 e. The van der Waals surface area contributed by atoms with Crippen molar-refractivity contribution in [3.8, 4) is 0 Å². The molecule has 0 atom stereocenters. The molecule has 0 N–H and O–H groups in total. The molecule has 0 bridgehead atoms. The summed E-state index contributed by atoms with van der Waals surface area (Å²) in [6.45, 7) is 0.265. The Bertz CT molecular complexity index is 480. The molecule has 0 saturated heterocycles. The number of rotatable bonds is 5. The molecule has 0 fully saturated rings. The molecule has 2 aromatic rings. The van der Waals surface area contributed by atoms with E-state index in [4.69, 9.17) is 9.78 Å². The van der Waals surface area contributed by atoms with Gasteiger partial charge in [0.25, 0.3) is 0 Å². The zero-order chi connectivity index (χ0) is 12.6. The van der Waals surface area contributed by atoms with Crippen LogP contribution in [0.1, 0.15) is 11.1 Å². The van der Waals surface area contributed by atoms with E-state index in [0.29, 0.717) is 0 Å². The van der Waals surface area contributed by atoms with Gasteiger partial charge in [-0.15, -0.1) is 0 Å². The van der Waals surface area contributed by atoms with Crippen molar-refractivity contribution in [3.63, 3.8) is 0 Å². The molecule has 0 aliphatic carbocycles. The van der Waals surface area contributed by atoms with Gasteiger partial charge >= 0.3 is 5.97 Å². The number of carbonyl (C=O) groups excluding carboxylic acids is 1. The topological polar surface area (TPSA) is 35.5 Å². The number of hydrogen-bond donors (Lipinski definition) is 0. The Hall–Kier alpha value is -2.13. The van der Waals surface area contributed by atoms with Crippen LogP contribution < -0.4 is 0 Å². The summed E-state index contributed by atoms with van der Waals surface area (Å²) < 4.78 is 0. The molecule has 0 aliphatic heterocycles. The highest BCUT2D eigenvalue weighted by Gasteiger charge is 2.05. The maximum Gasteiger partial charge on any atom is 0.346 e. The normalized spacial score (nSPS) is 10.0. The van der Waals surface area contributed by atoms with Crippen molar-refractivity contribution in [1.82, 2.24) is 0 Å². The molecule has 2 aromatic carbocycles. The van der Waals surface area contributed by atoms with Gasteiger partial charge in [0.15, 0.2) is 0 Å². The van der Waals surface area contributed by atoms with E-state index in [0.717, 1.165) is 11.1 Å². The van der Waals surface area contributed by atoms with E-state index in [1.165, 1.54) is 0 Å². The summed E-state index contributed by atoms with van der Waals surface area (Å²) >= 11 is 0. The van der Waals surface area contributed by atoms with Crippen molar-refractivity contribution < 1.29 is 14.6 Å². The Morgan fingerprint density at radius 3 is 2.00 bits per heavy atom. The van der Waals surface area contributed by atoms with E-state index < -0.39 is 5.97 Å². The first-order chi connectivity index (χ1) is 8.84. The highest BCUT2D eigenvalue weighted by molar-refractivity contribution is 5.71. The fraction of sp³-hybridized carbons (Fsp3) is 0.133. The minimum Gasteiger partial charge on any atom is -0.298 e. The average molecular weight is 242 g/mol. The third kappa shape index (κ3) is 4.03. The molecule has 0 unspecified atom stereocenters. The molecule has 0 aromatic heterocycles. The molecule has 0 spiro atoms. The second kappa shape index (κ2) is 6.57. The highest BCUT2D eigenvalue weighted by Crippen LogP contribution is 2.03. The minimum atomic E-state index is -0.392. The Morgan fingerprint density at radius 1 is 0.833 bits per heavy atom. The van der Waals surface area contributed by atoms with Crippen LogP contribution in [0.25, 0.3) is 0 Å². The summed E-state index contributed by atoms with van der Waals surface area (Å²) in [5, 5.41) is 0. The molecule has 0 aliphatic rings. The average Bonchev–Trinajstić information content (AvgIpc) is 2.41. The highest BCUT2D eigenvalue weighted by atomic mass is 17.2. The zero-order valence-corrected chi connectivity index (χ0v) is 9.91. The number of benzene rings is 2. The van der Waals surface area contributed by atoms with Crippen LogP contribution in [0.15, 0.2) is 60.7 Å². The van der Waals surface area contributed by atoms with Gasteiger partial charge in [0.1, 0.15) is 6.61 Å². The predicted octanol–water partition coefficient (Wildman–Crippen LogP) is 2.90. The Kier molecular flexibility index (Phi) is 4.50. The van der Waals surface area contributed by atoms with E-state index in [9.17, 15) is 4.79 Å². The van der Waals surface area contributed by atoms with Crippen LogP contribution in [0.4, 0.5) is 0 Å². The SMILES string of the molecule is O=C(Cc1ccccc1)OOCc1ccccc1. The Balaban J connectivity index is 1.73. The van der Waals surface area contributed by atoms with Gasteiger partial charge in [-0.1, -0.05) is 60.7 Å². The van der Waals surface area contributed by atoms with Crippen molar-refractivity contribution in [3.05, 3.63) is 71.8 Å². The van der Waals surface area contributed by atoms with Crippen LogP contribution in [-0.2, 0) is 27.6 Å². The van der Waals surface area contributed by atoms with Gasteiger partial charge in [-0.25, -0.2) is 4.79 Å². The van der Waals surface area contributed by atoms with E-state index >= 15 is 0 Å². The molecule has 0 radical (unpaired) electrons. The molecule has 3 heteroatoms. The first kappa shape index (κ1) is 12.3. The van der Waals surface area contributed by atoms with Crippen LogP contribution >= 0.6 is 0 Å². The van der Waals surface area contributed by atoms with Gasteiger partial charge in [-0.2, -0.15) is 4.89 Å². The van der Waals surface area contributed by atoms with Crippen LogP contribution in [0, 0.1) is 0 Å². The van der Waals surface area contributed by atoms with E-state index in [-0.39, 0.29) is 13.0 Å². The molecule has 0 amide bonds. The maximum atomic E-state index is 11.5. The lowest BCUT2D eigenvalue weighted by Gasteiger charge is -2.03. The summed E-state index contributed by atoms with van der Waals surface area (Å²) in [4.78, 5) is 21.1. The van der Waals surface area contributed by atoms with Crippen LogP contribution in [-0.4, -0.2) is 5.97 Å². The second-order valence-electron chi connectivity index (χ2n) is 3.87. The molecular formula is C15H14O3. The predicted molar refractivity (Wildman–Crippen MR) is 67.5 cm³/mol. The standard InChI is InChI=1S/C15H14O3/c16-15(11-13-7-3-1-4-8-13)18-17-12-14-9-5-2-6-10-14/h1-10H,11-12H2. The van der Waals surface area contributed by atoms with Crippen molar-refractivity contribution in [2.24, 2.45) is 0 Å². The lowest BCUT2D eigenvalue weighted by molar-refractivity contribution is -0.279. The van der Waals surface area contributed by atoms with E-state index in [1.807, 2.05) is 60.7 Å². The van der Waals surface area contributed by atoms with Crippen molar-refractivity contribution in [2.45, 2.75) is 13.0 Å². The van der Waals surface area contributed by atoms with Crippen molar-refractivity contribution >= 4 is 5.97 Å². The van der Waals surface area contributed by atoms with Gasteiger partial charge in [0, 0.05) is 0 Å². The van der Waals surface area contributed by atoms with Gasteiger partial charge in [-0.05, 0) is 11.1 Å². The second-order valence-corrected chi connectivity index (χ2v) is 3.87. The molecule has 18 heavy (non-hydrogen) atoms. The maximum absolute atomic E-state index is 11.5. The first-order valence-electron chi connectivity index (χ1n) is 5.75. The quantitative estimate of drug-likeness (QED) is 0.597. The summed E-state index contributed by atoms with van der Waals surface area (Å²) in [5.41, 5.74) is 1.87. The molecule has 0 saturated carbocycles. The van der Waals surface area contributed by atoms with Crippen molar-refractivity contribution in [1.29, 1.82) is 0 Å². The lowest BCUT2D eigenvalue weighted by Crippen LogP contribution is -2.08. The van der Waals surface area contributed by atoms with Gasteiger partial charge in [0.05, 0.1) is 6.42 Å². The van der Waals surface area contributed by atoms with Crippen LogP contribution in [0.5, 0.6) is 0 Å². The molecular weight excluding hydrogens is 228 g/mol. The molecule has 92 valence electrons. The number of hydrogen-bond acceptors (Lipinski definition) is 3. The summed E-state index contributed by atoms with van der Waals surface area (Å²) in [5.74, 6) is -0.392. The summed E-state index contributed by atoms with van der Waals surface area (Å²) in [7, 11) is 0. The van der Waals surface area contributed by atoms with E-state index in [1.54, 1.807) is 0 Å². The minimum absolute atomic E-state index is 0.218. The Labute approximate surface area is 106 Å². The third-order valence-corrected chi connectivity index (χ3v) is 2.41. The summed E-state index contributed by atoms with van der Waals surface area (Å²) in [6.07, 6.45) is 0.218. The summed E-state index contributed by atoms with van der Waals surface area (Å²) in [6, 6.07) is 19.0. The lowest BCUT2D eigenvalue weighted by atomic mass is 10.2. The fourth-order valence-electron chi connectivity index (χ4n) is 1.53. The van der Waals surface area contributed by atoms with Gasteiger partial charge in [0.2, 0.25) is 0 Å². The third-order valence-electron chi connectivity index (χ3n) is 2.41. The monoisotopic (exact) mass is 242 g/mol. The molecule has 0 heterocycles. The van der Waals surface area contributed by atoms with Gasteiger partial charge < -0.3 is 0 Å². The smallest absolute Gasteiger partial charge is 0.298 e. The first-order valence-corrected chi connectivity index (χ1v) is 5.75. The number of carbonyl (C=O) groups is 1.